The van der Waals surface area contributed by atoms with E-state index in [0.717, 1.165) is 0 Å². The number of hydrogen-bond acceptors (Lipinski definition) is 5. The molecule has 1 amide bonds. The lowest BCUT2D eigenvalue weighted by molar-refractivity contribution is -0.119. The van der Waals surface area contributed by atoms with E-state index in [1.807, 2.05) is 0 Å². The lowest BCUT2D eigenvalue weighted by atomic mass is 10.2. The molecular formula is C16H13NO5. The molecule has 2 aromatic rings. The molecule has 1 heterocycles. The van der Waals surface area contributed by atoms with Gasteiger partial charge in [0.1, 0.15) is 0 Å². The molecule has 2 aromatic carbocycles. The Morgan fingerprint density at radius 2 is 1.82 bits per heavy atom. The molecule has 0 saturated heterocycles. The maximum absolute atomic E-state index is 11.8. The van der Waals surface area contributed by atoms with Gasteiger partial charge in [-0.1, -0.05) is 18.2 Å². The van der Waals surface area contributed by atoms with Crippen molar-refractivity contribution in [3.05, 3.63) is 54.1 Å². The molecule has 1 aliphatic heterocycles. The summed E-state index contributed by atoms with van der Waals surface area (Å²) < 4.78 is 15.3. The van der Waals surface area contributed by atoms with Crippen LogP contribution in [0.15, 0.2) is 48.5 Å². The van der Waals surface area contributed by atoms with Crippen LogP contribution < -0.4 is 14.8 Å². The third-order valence-corrected chi connectivity index (χ3v) is 3.00. The Hall–Kier alpha value is -3.02. The minimum absolute atomic E-state index is 0.168. The van der Waals surface area contributed by atoms with Gasteiger partial charge in [0.2, 0.25) is 6.79 Å². The number of esters is 1. The van der Waals surface area contributed by atoms with Crippen LogP contribution in [0.25, 0.3) is 0 Å². The number of hydrogen-bond donors (Lipinski definition) is 1. The second kappa shape index (κ2) is 6.17. The molecule has 6 nitrogen and oxygen atoms in total. The minimum Gasteiger partial charge on any atom is -0.454 e. The van der Waals surface area contributed by atoms with Crippen LogP contribution >= 0.6 is 0 Å². The van der Waals surface area contributed by atoms with Crippen molar-refractivity contribution in [3.63, 3.8) is 0 Å². The summed E-state index contributed by atoms with van der Waals surface area (Å²) in [4.78, 5) is 23.5. The van der Waals surface area contributed by atoms with Gasteiger partial charge in [0.25, 0.3) is 5.91 Å². The zero-order valence-corrected chi connectivity index (χ0v) is 11.6. The third-order valence-electron chi connectivity index (χ3n) is 3.00. The Morgan fingerprint density at radius 3 is 2.64 bits per heavy atom. The summed E-state index contributed by atoms with van der Waals surface area (Å²) in [5.41, 5.74) is 0.948. The number of benzene rings is 2. The van der Waals surface area contributed by atoms with E-state index >= 15 is 0 Å². The molecule has 0 bridgehead atoms. The summed E-state index contributed by atoms with van der Waals surface area (Å²) in [6.07, 6.45) is 0. The molecule has 112 valence electrons. The normalized spacial score (nSPS) is 11.8. The Bertz CT molecular complexity index is 699. The molecule has 3 rings (SSSR count). The molecule has 1 aliphatic rings. The molecular weight excluding hydrogens is 286 g/mol. The van der Waals surface area contributed by atoms with Crippen molar-refractivity contribution in [2.45, 2.75) is 0 Å². The number of anilines is 1. The molecule has 0 unspecified atom stereocenters. The SMILES string of the molecule is O=C(COC(=O)c1ccccc1)Nc1ccc2c(c1)OCO2. The first-order valence-electron chi connectivity index (χ1n) is 6.64. The summed E-state index contributed by atoms with van der Waals surface area (Å²) in [7, 11) is 0. The molecule has 0 radical (unpaired) electrons. The maximum Gasteiger partial charge on any atom is 0.338 e. The Labute approximate surface area is 126 Å². The van der Waals surface area contributed by atoms with Crippen LogP contribution in [0.1, 0.15) is 10.4 Å². The molecule has 1 N–H and O–H groups in total. The predicted octanol–water partition coefficient (Wildman–Crippen LogP) is 2.21. The zero-order chi connectivity index (χ0) is 15.4. The largest absolute Gasteiger partial charge is 0.454 e. The van der Waals surface area contributed by atoms with E-state index in [9.17, 15) is 9.59 Å². The standard InChI is InChI=1S/C16H13NO5/c18-15(9-20-16(19)11-4-2-1-3-5-11)17-12-6-7-13-14(8-12)22-10-21-13/h1-8H,9-10H2,(H,17,18). The minimum atomic E-state index is -0.540. The van der Waals surface area contributed by atoms with E-state index in [2.05, 4.69) is 5.32 Å². The van der Waals surface area contributed by atoms with Gasteiger partial charge in [-0.3, -0.25) is 4.79 Å². The number of carbonyl (C=O) groups excluding carboxylic acids is 2. The lowest BCUT2D eigenvalue weighted by Crippen LogP contribution is -2.20. The molecule has 22 heavy (non-hydrogen) atoms. The first-order chi connectivity index (χ1) is 10.7. The van der Waals surface area contributed by atoms with Crippen LogP contribution in [0, 0.1) is 0 Å². The average Bonchev–Trinajstić information content (AvgIpc) is 3.01. The van der Waals surface area contributed by atoms with Gasteiger partial charge >= 0.3 is 5.97 Å². The second-order valence-corrected chi connectivity index (χ2v) is 4.56. The van der Waals surface area contributed by atoms with E-state index in [1.165, 1.54) is 0 Å². The summed E-state index contributed by atoms with van der Waals surface area (Å²) in [6, 6.07) is 13.5. The summed E-state index contributed by atoms with van der Waals surface area (Å²) in [5.74, 6) is 0.233. The second-order valence-electron chi connectivity index (χ2n) is 4.56. The molecule has 6 heteroatoms. The van der Waals surface area contributed by atoms with Crippen molar-refractivity contribution in [2.75, 3.05) is 18.7 Å². The molecule has 0 spiro atoms. The van der Waals surface area contributed by atoms with Crippen LogP contribution in [0.2, 0.25) is 0 Å². The van der Waals surface area contributed by atoms with Gasteiger partial charge in [0.15, 0.2) is 18.1 Å². The van der Waals surface area contributed by atoms with Crippen LogP contribution in [-0.2, 0) is 9.53 Å². The fourth-order valence-corrected chi connectivity index (χ4v) is 1.96. The lowest BCUT2D eigenvalue weighted by Gasteiger charge is -2.07. The molecule has 0 saturated carbocycles. The molecule has 0 fully saturated rings. The topological polar surface area (TPSA) is 73.9 Å². The van der Waals surface area contributed by atoms with Crippen molar-refractivity contribution >= 4 is 17.6 Å². The zero-order valence-electron chi connectivity index (χ0n) is 11.6. The number of fused-ring (bicyclic) bond motifs is 1. The van der Waals surface area contributed by atoms with Crippen molar-refractivity contribution in [1.29, 1.82) is 0 Å². The highest BCUT2D eigenvalue weighted by molar-refractivity contribution is 5.95. The highest BCUT2D eigenvalue weighted by Crippen LogP contribution is 2.34. The van der Waals surface area contributed by atoms with Gasteiger partial charge in [-0.15, -0.1) is 0 Å². The first kappa shape index (κ1) is 13.9. The molecule has 0 atom stereocenters. The van der Waals surface area contributed by atoms with E-state index in [4.69, 9.17) is 14.2 Å². The van der Waals surface area contributed by atoms with Gasteiger partial charge in [0, 0.05) is 11.8 Å². The van der Waals surface area contributed by atoms with Crippen LogP contribution in [0.3, 0.4) is 0 Å². The van der Waals surface area contributed by atoms with Crippen LogP contribution in [0.5, 0.6) is 11.5 Å². The fourth-order valence-electron chi connectivity index (χ4n) is 1.96. The number of nitrogens with one attached hydrogen (secondary N) is 1. The third kappa shape index (κ3) is 3.17. The molecule has 0 aromatic heterocycles. The summed E-state index contributed by atoms with van der Waals surface area (Å²) >= 11 is 0. The van der Waals surface area contributed by atoms with Crippen LogP contribution in [-0.4, -0.2) is 25.3 Å². The smallest absolute Gasteiger partial charge is 0.338 e. The number of carbonyl (C=O) groups is 2. The van der Waals surface area contributed by atoms with Gasteiger partial charge in [0.05, 0.1) is 5.56 Å². The quantitative estimate of drug-likeness (QED) is 0.876. The number of ether oxygens (including phenoxy) is 3. The van der Waals surface area contributed by atoms with Crippen molar-refractivity contribution in [1.82, 2.24) is 0 Å². The van der Waals surface area contributed by atoms with Crippen molar-refractivity contribution < 1.29 is 23.8 Å². The first-order valence-corrected chi connectivity index (χ1v) is 6.64. The number of amides is 1. The van der Waals surface area contributed by atoms with Crippen molar-refractivity contribution in [3.8, 4) is 11.5 Å². The van der Waals surface area contributed by atoms with Gasteiger partial charge in [-0.2, -0.15) is 0 Å². The fraction of sp³-hybridized carbons (Fsp3) is 0.125. The van der Waals surface area contributed by atoms with E-state index in [0.29, 0.717) is 22.7 Å². The Kier molecular flexibility index (Phi) is 3.91. The van der Waals surface area contributed by atoms with Crippen LogP contribution in [0.4, 0.5) is 5.69 Å². The van der Waals surface area contributed by atoms with Gasteiger partial charge in [-0.25, -0.2) is 4.79 Å². The maximum atomic E-state index is 11.8. The summed E-state index contributed by atoms with van der Waals surface area (Å²) in [6.45, 7) is -0.191. The summed E-state index contributed by atoms with van der Waals surface area (Å²) in [5, 5.41) is 2.63. The molecule has 0 aliphatic carbocycles. The van der Waals surface area contributed by atoms with Gasteiger partial charge < -0.3 is 19.5 Å². The highest BCUT2D eigenvalue weighted by atomic mass is 16.7. The average molecular weight is 299 g/mol. The highest BCUT2D eigenvalue weighted by Gasteiger charge is 2.15. The van der Waals surface area contributed by atoms with E-state index in [1.54, 1.807) is 48.5 Å². The van der Waals surface area contributed by atoms with E-state index in [-0.39, 0.29) is 13.4 Å². The monoisotopic (exact) mass is 299 g/mol. The Morgan fingerprint density at radius 1 is 1.05 bits per heavy atom. The van der Waals surface area contributed by atoms with Crippen molar-refractivity contribution in [2.24, 2.45) is 0 Å². The van der Waals surface area contributed by atoms with E-state index < -0.39 is 11.9 Å². The number of rotatable bonds is 4. The Balaban J connectivity index is 1.53. The predicted molar refractivity (Wildman–Crippen MR) is 77.9 cm³/mol. The van der Waals surface area contributed by atoms with Gasteiger partial charge in [-0.05, 0) is 24.3 Å².